The average Bonchev–Trinajstić information content (AvgIpc) is 2.43. The van der Waals surface area contributed by atoms with E-state index >= 15 is 0 Å². The van der Waals surface area contributed by atoms with E-state index in [1.807, 2.05) is 0 Å². The van der Waals surface area contributed by atoms with Crippen molar-refractivity contribution in [1.29, 1.82) is 0 Å². The molecule has 1 N–H and O–H groups in total. The number of rotatable bonds is 6. The first-order valence-corrected chi connectivity index (χ1v) is 8.41. The third-order valence-corrected chi connectivity index (χ3v) is 5.14. The molecule has 0 heterocycles. The minimum Gasteiger partial charge on any atom is -0.402 e. The molecule has 0 aliphatic carbocycles. The Morgan fingerprint density at radius 1 is 1.38 bits per heavy atom. The third-order valence-electron chi connectivity index (χ3n) is 3.08. The van der Waals surface area contributed by atoms with Gasteiger partial charge in [-0.05, 0) is 37.1 Å². The Balaban J connectivity index is 3.12. The van der Waals surface area contributed by atoms with E-state index in [1.165, 1.54) is 18.2 Å². The molecular weight excluding hydrogens is 296 g/mol. The van der Waals surface area contributed by atoms with Gasteiger partial charge in [0.15, 0.2) is 0 Å². The molecule has 0 saturated heterocycles. The molecule has 1 rings (SSSR count). The summed E-state index contributed by atoms with van der Waals surface area (Å²) in [6, 6.07) is 5.71. The first kappa shape index (κ1) is 17.7. The van der Waals surface area contributed by atoms with Crippen LogP contribution in [-0.4, -0.2) is 23.1 Å². The summed E-state index contributed by atoms with van der Waals surface area (Å²) in [7, 11) is -4.00. The van der Waals surface area contributed by atoms with Crippen molar-refractivity contribution < 1.29 is 23.2 Å². The SMILES string of the molecule is CCON=C(OP(=O)(O)[C@@H](C)C(C)C)c1ccccc1F. The van der Waals surface area contributed by atoms with Crippen molar-refractivity contribution >= 4 is 13.5 Å². The summed E-state index contributed by atoms with van der Waals surface area (Å²) in [5.74, 6) is -1.00. The molecule has 0 saturated carbocycles. The van der Waals surface area contributed by atoms with Gasteiger partial charge in [-0.1, -0.05) is 26.0 Å². The minimum atomic E-state index is -4.00. The van der Waals surface area contributed by atoms with Crippen LogP contribution in [0.4, 0.5) is 4.39 Å². The van der Waals surface area contributed by atoms with Crippen LogP contribution in [0.25, 0.3) is 0 Å². The summed E-state index contributed by atoms with van der Waals surface area (Å²) >= 11 is 0. The number of oxime groups is 1. The molecule has 0 bridgehead atoms. The first-order chi connectivity index (χ1) is 9.79. The molecule has 0 amide bonds. The summed E-state index contributed by atoms with van der Waals surface area (Å²) < 4.78 is 31.2. The van der Waals surface area contributed by atoms with Crippen molar-refractivity contribution in [3.63, 3.8) is 0 Å². The molecule has 1 unspecified atom stereocenters. The molecule has 21 heavy (non-hydrogen) atoms. The maximum atomic E-state index is 13.8. The second-order valence-corrected chi connectivity index (χ2v) is 7.06. The van der Waals surface area contributed by atoms with Gasteiger partial charge in [-0.3, -0.25) is 0 Å². The fraction of sp³-hybridized carbons (Fsp3) is 0.500. The summed E-state index contributed by atoms with van der Waals surface area (Å²) in [6.45, 7) is 7.14. The Kier molecular flexibility index (Phi) is 6.37. The standard InChI is InChI=1S/C14H21FNO4P/c1-5-19-16-14(12-8-6-7-9-13(12)15)20-21(17,18)11(4)10(2)3/h6-11H,5H2,1-4H3,(H,17,18)/t11-/m0/s1. The maximum Gasteiger partial charge on any atom is 0.381 e. The Morgan fingerprint density at radius 2 is 2.00 bits per heavy atom. The Labute approximate surface area is 124 Å². The highest BCUT2D eigenvalue weighted by Crippen LogP contribution is 2.51. The Hall–Kier alpha value is -1.39. The van der Waals surface area contributed by atoms with Gasteiger partial charge in [0, 0.05) is 0 Å². The lowest BCUT2D eigenvalue weighted by Gasteiger charge is -2.22. The highest BCUT2D eigenvalue weighted by Gasteiger charge is 2.34. The van der Waals surface area contributed by atoms with Gasteiger partial charge in [0.25, 0.3) is 5.90 Å². The molecule has 0 aromatic heterocycles. The second-order valence-electron chi connectivity index (χ2n) is 4.93. The number of benzene rings is 1. The van der Waals surface area contributed by atoms with Gasteiger partial charge >= 0.3 is 7.60 Å². The summed E-state index contributed by atoms with van der Waals surface area (Å²) in [6.07, 6.45) is 0. The van der Waals surface area contributed by atoms with Crippen molar-refractivity contribution in [2.45, 2.75) is 33.4 Å². The zero-order valence-corrected chi connectivity index (χ0v) is 13.5. The fourth-order valence-corrected chi connectivity index (χ4v) is 2.76. The second kappa shape index (κ2) is 7.57. The first-order valence-electron chi connectivity index (χ1n) is 6.76. The largest absolute Gasteiger partial charge is 0.402 e. The predicted molar refractivity (Wildman–Crippen MR) is 79.8 cm³/mol. The molecule has 0 aliphatic rings. The lowest BCUT2D eigenvalue weighted by molar-refractivity contribution is 0.152. The highest BCUT2D eigenvalue weighted by atomic mass is 31.2. The summed E-state index contributed by atoms with van der Waals surface area (Å²) in [5, 5.41) is 3.62. The van der Waals surface area contributed by atoms with E-state index in [0.29, 0.717) is 0 Å². The van der Waals surface area contributed by atoms with Crippen LogP contribution >= 0.6 is 7.60 Å². The van der Waals surface area contributed by atoms with E-state index in [1.54, 1.807) is 33.8 Å². The van der Waals surface area contributed by atoms with Crippen LogP contribution in [0.5, 0.6) is 0 Å². The van der Waals surface area contributed by atoms with Gasteiger partial charge in [-0.25, -0.2) is 8.96 Å². The number of nitrogens with zero attached hydrogens (tertiary/aromatic N) is 1. The van der Waals surface area contributed by atoms with Crippen molar-refractivity contribution in [2.24, 2.45) is 11.1 Å². The zero-order chi connectivity index (χ0) is 16.0. The lowest BCUT2D eigenvalue weighted by Crippen LogP contribution is -2.17. The van der Waals surface area contributed by atoms with Gasteiger partial charge in [0.1, 0.15) is 12.4 Å². The van der Waals surface area contributed by atoms with Crippen molar-refractivity contribution in [3.8, 4) is 0 Å². The summed E-state index contributed by atoms with van der Waals surface area (Å²) in [5.41, 5.74) is -0.632. The topological polar surface area (TPSA) is 68.1 Å². The van der Waals surface area contributed by atoms with Gasteiger partial charge < -0.3 is 14.3 Å². The van der Waals surface area contributed by atoms with Crippen LogP contribution in [0.1, 0.15) is 33.3 Å². The Bertz CT molecular complexity index is 548. The van der Waals surface area contributed by atoms with E-state index in [0.717, 1.165) is 0 Å². The number of hydrogen-bond acceptors (Lipinski definition) is 4. The lowest BCUT2D eigenvalue weighted by atomic mass is 10.2. The van der Waals surface area contributed by atoms with E-state index in [4.69, 9.17) is 9.36 Å². The van der Waals surface area contributed by atoms with Crippen molar-refractivity contribution in [2.75, 3.05) is 6.61 Å². The quantitative estimate of drug-likeness (QED) is 0.375. The number of hydrogen-bond donors (Lipinski definition) is 1. The van der Waals surface area contributed by atoms with E-state index in [9.17, 15) is 13.8 Å². The van der Waals surface area contributed by atoms with Crippen LogP contribution in [0, 0.1) is 11.7 Å². The molecule has 7 heteroatoms. The zero-order valence-electron chi connectivity index (χ0n) is 12.6. The molecule has 0 fully saturated rings. The van der Waals surface area contributed by atoms with E-state index in [2.05, 4.69) is 5.16 Å². The van der Waals surface area contributed by atoms with Gasteiger partial charge in [-0.2, -0.15) is 0 Å². The van der Waals surface area contributed by atoms with Gasteiger partial charge in [0.2, 0.25) is 0 Å². The average molecular weight is 317 g/mol. The predicted octanol–water partition coefficient (Wildman–Crippen LogP) is 3.77. The van der Waals surface area contributed by atoms with Crippen LogP contribution < -0.4 is 0 Å². The molecule has 0 aliphatic heterocycles. The molecule has 0 radical (unpaired) electrons. The van der Waals surface area contributed by atoms with E-state index in [-0.39, 0.29) is 24.0 Å². The molecule has 2 atom stereocenters. The normalized spacial score (nSPS) is 16.4. The molecule has 118 valence electrons. The smallest absolute Gasteiger partial charge is 0.381 e. The van der Waals surface area contributed by atoms with Gasteiger partial charge in [-0.15, -0.1) is 0 Å². The van der Waals surface area contributed by atoms with Crippen molar-refractivity contribution in [3.05, 3.63) is 35.6 Å². The highest BCUT2D eigenvalue weighted by molar-refractivity contribution is 7.54. The molecule has 0 spiro atoms. The van der Waals surface area contributed by atoms with Crippen LogP contribution in [0.2, 0.25) is 0 Å². The number of halogens is 1. The van der Waals surface area contributed by atoms with Gasteiger partial charge in [0.05, 0.1) is 11.2 Å². The molecule has 5 nitrogen and oxygen atoms in total. The molecule has 1 aromatic carbocycles. The molecular formula is C14H21FNO4P. The monoisotopic (exact) mass is 317 g/mol. The van der Waals surface area contributed by atoms with Crippen LogP contribution in [0.15, 0.2) is 29.4 Å². The summed E-state index contributed by atoms with van der Waals surface area (Å²) in [4.78, 5) is 14.9. The Morgan fingerprint density at radius 3 is 2.52 bits per heavy atom. The van der Waals surface area contributed by atoms with Crippen molar-refractivity contribution in [1.82, 2.24) is 0 Å². The third kappa shape index (κ3) is 4.83. The molecule has 1 aromatic rings. The fourth-order valence-electron chi connectivity index (χ4n) is 1.46. The van der Waals surface area contributed by atoms with E-state index < -0.39 is 19.1 Å². The van der Waals surface area contributed by atoms with Crippen LogP contribution in [-0.2, 0) is 13.9 Å². The minimum absolute atomic E-state index is 0.0174. The van der Waals surface area contributed by atoms with Crippen LogP contribution in [0.3, 0.4) is 0 Å². The maximum absolute atomic E-state index is 13.8.